The van der Waals surface area contributed by atoms with E-state index in [4.69, 9.17) is 5.10 Å². The minimum Gasteiger partial charge on any atom is -0.330 e. The first-order valence-corrected chi connectivity index (χ1v) is 11.7. The molecule has 2 aromatic carbocycles. The molecule has 1 unspecified atom stereocenters. The normalized spacial score (nSPS) is 17.8. The maximum Gasteiger partial charge on any atom is 0.257 e. The third-order valence-corrected chi connectivity index (χ3v) is 6.97. The van der Waals surface area contributed by atoms with Gasteiger partial charge >= 0.3 is 0 Å². The van der Waals surface area contributed by atoms with E-state index >= 15 is 0 Å². The van der Waals surface area contributed by atoms with E-state index in [9.17, 15) is 4.79 Å². The smallest absolute Gasteiger partial charge is 0.257 e. The highest BCUT2D eigenvalue weighted by molar-refractivity contribution is 5.96. The van der Waals surface area contributed by atoms with Crippen molar-refractivity contribution in [1.29, 1.82) is 0 Å². The van der Waals surface area contributed by atoms with Crippen molar-refractivity contribution in [2.75, 3.05) is 6.54 Å². The SMILES string of the molecule is CC1c2nn(-c3ccccc3)c(-c3ccccc3)c2CCN1C(=O)c1cnn(C)c1C1CC1. The van der Waals surface area contributed by atoms with Gasteiger partial charge in [0.25, 0.3) is 5.91 Å². The van der Waals surface area contributed by atoms with Crippen LogP contribution in [0.4, 0.5) is 0 Å². The maximum absolute atomic E-state index is 13.7. The van der Waals surface area contributed by atoms with Gasteiger partial charge in [0.2, 0.25) is 0 Å². The fraction of sp³-hybridized carbons (Fsp3) is 0.296. The van der Waals surface area contributed by atoms with Crippen molar-refractivity contribution in [1.82, 2.24) is 24.5 Å². The third kappa shape index (κ3) is 3.28. The van der Waals surface area contributed by atoms with Crippen LogP contribution in [0.2, 0.25) is 0 Å². The van der Waals surface area contributed by atoms with Crippen LogP contribution in [-0.2, 0) is 13.5 Å². The molecule has 0 radical (unpaired) electrons. The molecule has 6 rings (SSSR count). The van der Waals surface area contributed by atoms with Crippen molar-refractivity contribution in [3.8, 4) is 16.9 Å². The van der Waals surface area contributed by atoms with Gasteiger partial charge in [0.1, 0.15) is 0 Å². The molecule has 33 heavy (non-hydrogen) atoms. The molecule has 1 amide bonds. The van der Waals surface area contributed by atoms with Crippen LogP contribution in [-0.4, -0.2) is 36.9 Å². The number of carbonyl (C=O) groups is 1. The predicted octanol–water partition coefficient (Wildman–Crippen LogP) is 4.91. The summed E-state index contributed by atoms with van der Waals surface area (Å²) in [5.41, 5.74) is 7.34. The number of rotatable bonds is 4. The fourth-order valence-electron chi connectivity index (χ4n) is 5.16. The number of fused-ring (bicyclic) bond motifs is 1. The van der Waals surface area contributed by atoms with Gasteiger partial charge in [-0.05, 0) is 38.3 Å². The van der Waals surface area contributed by atoms with Crippen LogP contribution in [0.1, 0.15) is 59.0 Å². The Morgan fingerprint density at radius 1 is 1.00 bits per heavy atom. The molecule has 1 aliphatic heterocycles. The van der Waals surface area contributed by atoms with Gasteiger partial charge < -0.3 is 4.90 Å². The zero-order valence-corrected chi connectivity index (χ0v) is 19.0. The molecule has 6 heteroatoms. The molecule has 4 aromatic rings. The molecule has 1 aliphatic carbocycles. The highest BCUT2D eigenvalue weighted by Crippen LogP contribution is 2.43. The lowest BCUT2D eigenvalue weighted by molar-refractivity contribution is 0.0672. The first-order valence-electron chi connectivity index (χ1n) is 11.7. The molecule has 1 fully saturated rings. The summed E-state index contributed by atoms with van der Waals surface area (Å²) in [5, 5.41) is 9.49. The van der Waals surface area contributed by atoms with Crippen LogP contribution in [0.25, 0.3) is 16.9 Å². The molecular weight excluding hydrogens is 410 g/mol. The standard InChI is InChI=1S/C27H27N5O/c1-18-24-22(15-16-31(18)27(33)23-17-28-30(2)25(23)20-13-14-20)26(19-9-5-3-6-10-19)32(29-24)21-11-7-4-8-12-21/h3-12,17-18,20H,13-16H2,1-2H3. The van der Waals surface area contributed by atoms with E-state index in [2.05, 4.69) is 48.4 Å². The number of amides is 1. The minimum atomic E-state index is -0.110. The molecule has 1 atom stereocenters. The largest absolute Gasteiger partial charge is 0.330 e. The number of aromatic nitrogens is 4. The van der Waals surface area contributed by atoms with Gasteiger partial charge in [0.15, 0.2) is 0 Å². The Balaban J connectivity index is 1.43. The molecule has 0 spiro atoms. The summed E-state index contributed by atoms with van der Waals surface area (Å²) in [6, 6.07) is 20.6. The van der Waals surface area contributed by atoms with Crippen LogP contribution in [0, 0.1) is 0 Å². The number of benzene rings is 2. The fourth-order valence-corrected chi connectivity index (χ4v) is 5.16. The molecule has 6 nitrogen and oxygen atoms in total. The van der Waals surface area contributed by atoms with Crippen molar-refractivity contribution in [3.05, 3.63) is 89.4 Å². The summed E-state index contributed by atoms with van der Waals surface area (Å²) < 4.78 is 3.92. The van der Waals surface area contributed by atoms with Crippen LogP contribution < -0.4 is 0 Å². The van der Waals surface area contributed by atoms with E-state index in [1.54, 1.807) is 6.20 Å². The van der Waals surface area contributed by atoms with E-state index in [-0.39, 0.29) is 11.9 Å². The van der Waals surface area contributed by atoms with E-state index < -0.39 is 0 Å². The van der Waals surface area contributed by atoms with Crippen LogP contribution in [0.5, 0.6) is 0 Å². The zero-order chi connectivity index (χ0) is 22.5. The average molecular weight is 438 g/mol. The average Bonchev–Trinajstić information content (AvgIpc) is 3.49. The molecule has 2 aliphatic rings. The molecule has 2 aromatic heterocycles. The quantitative estimate of drug-likeness (QED) is 0.456. The van der Waals surface area contributed by atoms with Gasteiger partial charge in [-0.1, -0.05) is 48.5 Å². The van der Waals surface area contributed by atoms with Gasteiger partial charge in [0, 0.05) is 30.6 Å². The Morgan fingerprint density at radius 2 is 1.70 bits per heavy atom. The Bertz CT molecular complexity index is 1320. The summed E-state index contributed by atoms with van der Waals surface area (Å²) >= 11 is 0. The second kappa shape index (κ2) is 7.73. The molecule has 166 valence electrons. The predicted molar refractivity (Wildman–Crippen MR) is 127 cm³/mol. The number of hydrogen-bond acceptors (Lipinski definition) is 3. The Morgan fingerprint density at radius 3 is 2.39 bits per heavy atom. The monoisotopic (exact) mass is 437 g/mol. The highest BCUT2D eigenvalue weighted by atomic mass is 16.2. The summed E-state index contributed by atoms with van der Waals surface area (Å²) in [5.74, 6) is 0.535. The summed E-state index contributed by atoms with van der Waals surface area (Å²) in [4.78, 5) is 15.6. The molecule has 0 bridgehead atoms. The summed E-state index contributed by atoms with van der Waals surface area (Å²) in [6.07, 6.45) is 4.81. The zero-order valence-electron chi connectivity index (χ0n) is 19.0. The number of hydrogen-bond donors (Lipinski definition) is 0. The van der Waals surface area contributed by atoms with Crippen molar-refractivity contribution in [2.45, 2.75) is 38.1 Å². The van der Waals surface area contributed by atoms with Crippen molar-refractivity contribution < 1.29 is 4.79 Å². The first kappa shape index (κ1) is 20.0. The van der Waals surface area contributed by atoms with Gasteiger partial charge in [-0.3, -0.25) is 9.48 Å². The molecule has 0 saturated heterocycles. The highest BCUT2D eigenvalue weighted by Gasteiger charge is 2.37. The minimum absolute atomic E-state index is 0.0682. The van der Waals surface area contributed by atoms with E-state index in [1.165, 1.54) is 5.56 Å². The molecular formula is C27H27N5O. The van der Waals surface area contributed by atoms with Crippen molar-refractivity contribution >= 4 is 5.91 Å². The molecule has 0 N–H and O–H groups in total. The van der Waals surface area contributed by atoms with Crippen molar-refractivity contribution in [2.24, 2.45) is 7.05 Å². The Hall–Kier alpha value is -3.67. The lowest BCUT2D eigenvalue weighted by Crippen LogP contribution is -2.39. The van der Waals surface area contributed by atoms with Gasteiger partial charge in [-0.15, -0.1) is 0 Å². The van der Waals surface area contributed by atoms with Crippen molar-refractivity contribution in [3.63, 3.8) is 0 Å². The summed E-state index contributed by atoms with van der Waals surface area (Å²) in [7, 11) is 1.94. The maximum atomic E-state index is 13.7. The lowest BCUT2D eigenvalue weighted by Gasteiger charge is -2.33. The first-order chi connectivity index (χ1) is 16.1. The van der Waals surface area contributed by atoms with Crippen LogP contribution in [0.3, 0.4) is 0 Å². The number of carbonyl (C=O) groups excluding carboxylic acids is 1. The lowest BCUT2D eigenvalue weighted by atomic mass is 9.95. The van der Waals surface area contributed by atoms with Crippen LogP contribution in [0.15, 0.2) is 66.9 Å². The Kier molecular flexibility index (Phi) is 4.68. The number of nitrogens with zero attached hydrogens (tertiary/aromatic N) is 5. The third-order valence-electron chi connectivity index (χ3n) is 6.97. The summed E-state index contributed by atoms with van der Waals surface area (Å²) in [6.45, 7) is 2.77. The van der Waals surface area contributed by atoms with E-state index in [0.717, 1.165) is 53.2 Å². The number of para-hydroxylation sites is 1. The van der Waals surface area contributed by atoms with E-state index in [0.29, 0.717) is 12.5 Å². The topological polar surface area (TPSA) is 56.0 Å². The van der Waals surface area contributed by atoms with Gasteiger partial charge in [-0.2, -0.15) is 10.2 Å². The van der Waals surface area contributed by atoms with Gasteiger partial charge in [0.05, 0.1) is 40.6 Å². The molecule has 3 heterocycles. The second-order valence-electron chi connectivity index (χ2n) is 9.09. The second-order valence-corrected chi connectivity index (χ2v) is 9.09. The Labute approximate surface area is 193 Å². The van der Waals surface area contributed by atoms with E-state index in [1.807, 2.05) is 45.6 Å². The number of aryl methyl sites for hydroxylation is 1. The van der Waals surface area contributed by atoms with Gasteiger partial charge in [-0.25, -0.2) is 4.68 Å². The van der Waals surface area contributed by atoms with Crippen LogP contribution >= 0.6 is 0 Å². The molecule has 1 saturated carbocycles.